The van der Waals surface area contributed by atoms with E-state index in [1.54, 1.807) is 0 Å². The molecule has 0 heterocycles. The summed E-state index contributed by atoms with van der Waals surface area (Å²) in [5.74, 6) is 2.61. The normalized spacial score (nSPS) is 18.9. The summed E-state index contributed by atoms with van der Waals surface area (Å²) in [5.41, 5.74) is 3.17. The summed E-state index contributed by atoms with van der Waals surface area (Å²) in [4.78, 5) is 22.0. The Morgan fingerprint density at radius 3 is 1.36 bits per heavy atom. The number of esters is 1. The van der Waals surface area contributed by atoms with Gasteiger partial charge >= 0.3 is 41.5 Å². The van der Waals surface area contributed by atoms with Gasteiger partial charge in [0.15, 0.2) is 0 Å². The minimum Gasteiger partial charge on any atom is -0.870 e. The molecule has 4 aromatic carbocycles. The molecule has 61 heavy (non-hydrogen) atoms. The fourth-order valence-corrected chi connectivity index (χ4v) is 8.48. The molecular formula is C51H75N2NaO7. The standard InChI is InChI=1S/C26H37NO3.C24H33NO3.CH4.Na.H2O/c1-5-29-25(28)14-15-27-18-19-6-7-21-17-24(11-8-20(21)16-19)30-23-12-9-22(10-13-23)26(2,3)4;1-24(2,3)20-7-10-21(11-8-20)28-22-9-6-18-14-17(4-5-19(18)15-22)16-25-13-12-23(26)27;;;/h6-8,11,16-17,22-23,27H,5,9-10,12-15,18H2,1-4H3;4-6,9,14-15,20-21,25H,7-8,10-13,16H2,1-3H3,(H,26,27);1H4;;1H2/q;;;+1;/p-1. The van der Waals surface area contributed by atoms with E-state index in [2.05, 4.69) is 125 Å². The fourth-order valence-electron chi connectivity index (χ4n) is 8.48. The van der Waals surface area contributed by atoms with Gasteiger partial charge in [-0.15, -0.1) is 0 Å². The minimum atomic E-state index is -0.773. The quantitative estimate of drug-likeness (QED) is 0.0610. The number of fused-ring (bicyclic) bond motifs is 2. The number of carboxylic acid groups (broad SMARTS) is 1. The van der Waals surface area contributed by atoms with Crippen molar-refractivity contribution in [3.05, 3.63) is 83.9 Å². The average Bonchev–Trinajstić information content (AvgIpc) is 3.18. The SMILES string of the molecule is C.CC(C)(C)C1CCC(Oc2ccc3cc(CNCCC(=O)O)ccc3c2)CC1.CCOC(=O)CCNCc1ccc2cc(OC3CCC(C(C)(C)C)CC3)ccc2c1.[Na+].[OH-]. The van der Waals surface area contributed by atoms with Crippen LogP contribution in [-0.4, -0.2) is 54.4 Å². The van der Waals surface area contributed by atoms with Gasteiger partial charge in [0.05, 0.1) is 31.7 Å². The van der Waals surface area contributed by atoms with Crippen LogP contribution in [0.5, 0.6) is 11.5 Å². The van der Waals surface area contributed by atoms with E-state index in [0.717, 1.165) is 61.1 Å². The zero-order chi connectivity index (χ0) is 41.7. The zero-order valence-electron chi connectivity index (χ0n) is 37.8. The maximum absolute atomic E-state index is 11.4. The zero-order valence-corrected chi connectivity index (χ0v) is 39.8. The molecule has 2 aliphatic rings. The first kappa shape index (κ1) is 54.0. The maximum Gasteiger partial charge on any atom is 1.00 e. The van der Waals surface area contributed by atoms with Crippen molar-refractivity contribution in [2.75, 3.05) is 19.7 Å². The third kappa shape index (κ3) is 17.8. The topological polar surface area (TPSA) is 136 Å². The molecule has 9 nitrogen and oxygen atoms in total. The van der Waals surface area contributed by atoms with Gasteiger partial charge in [-0.25, -0.2) is 0 Å². The van der Waals surface area contributed by atoms with Crippen molar-refractivity contribution < 1.29 is 63.9 Å². The van der Waals surface area contributed by atoms with Gasteiger partial charge in [-0.3, -0.25) is 9.59 Å². The second kappa shape index (κ2) is 25.8. The van der Waals surface area contributed by atoms with Crippen LogP contribution in [-0.2, 0) is 27.4 Å². The molecule has 4 N–H and O–H groups in total. The van der Waals surface area contributed by atoms with Crippen LogP contribution in [0.25, 0.3) is 21.5 Å². The van der Waals surface area contributed by atoms with Crippen LogP contribution in [0.4, 0.5) is 0 Å². The van der Waals surface area contributed by atoms with E-state index in [9.17, 15) is 9.59 Å². The van der Waals surface area contributed by atoms with Gasteiger partial charge in [-0.05, 0) is 150 Å². The van der Waals surface area contributed by atoms with E-state index in [-0.39, 0.29) is 54.9 Å². The number of ether oxygens (including phenoxy) is 3. The molecule has 2 fully saturated rings. The summed E-state index contributed by atoms with van der Waals surface area (Å²) in [7, 11) is 0. The van der Waals surface area contributed by atoms with Crippen molar-refractivity contribution in [1.82, 2.24) is 10.6 Å². The Morgan fingerprint density at radius 1 is 0.607 bits per heavy atom. The number of hydrogen-bond acceptors (Lipinski definition) is 8. The van der Waals surface area contributed by atoms with Crippen molar-refractivity contribution in [3.8, 4) is 11.5 Å². The predicted octanol–water partition coefficient (Wildman–Crippen LogP) is 8.72. The van der Waals surface area contributed by atoms with Crippen LogP contribution in [0.1, 0.15) is 131 Å². The number of aliphatic carboxylic acids is 1. The Kier molecular flexibility index (Phi) is 22.8. The first-order valence-electron chi connectivity index (χ1n) is 21.8. The molecule has 0 atom stereocenters. The Bertz CT molecular complexity index is 1920. The molecule has 0 spiro atoms. The van der Waals surface area contributed by atoms with Crippen LogP contribution >= 0.6 is 0 Å². The van der Waals surface area contributed by atoms with Crippen LogP contribution in [0.3, 0.4) is 0 Å². The average molecular weight is 851 g/mol. The Labute approximate surface area is 389 Å². The molecule has 2 saturated carbocycles. The van der Waals surface area contributed by atoms with Crippen LogP contribution in [0.15, 0.2) is 72.8 Å². The molecular weight excluding hydrogens is 776 g/mol. The second-order valence-electron chi connectivity index (χ2n) is 18.7. The third-order valence-corrected chi connectivity index (χ3v) is 12.1. The first-order valence-corrected chi connectivity index (χ1v) is 21.8. The number of hydrogen-bond donors (Lipinski definition) is 3. The molecule has 4 aromatic rings. The van der Waals surface area contributed by atoms with Crippen molar-refractivity contribution >= 4 is 33.5 Å². The van der Waals surface area contributed by atoms with E-state index in [4.69, 9.17) is 19.3 Å². The molecule has 0 saturated heterocycles. The van der Waals surface area contributed by atoms with Gasteiger partial charge in [-0.2, -0.15) is 0 Å². The second-order valence-corrected chi connectivity index (χ2v) is 18.7. The van der Waals surface area contributed by atoms with Gasteiger partial charge in [0, 0.05) is 26.2 Å². The summed E-state index contributed by atoms with van der Waals surface area (Å²) in [6.07, 6.45) is 10.8. The third-order valence-electron chi connectivity index (χ3n) is 12.1. The number of carbonyl (C=O) groups is 2. The molecule has 0 aromatic heterocycles. The molecule has 10 heteroatoms. The summed E-state index contributed by atoms with van der Waals surface area (Å²) < 4.78 is 17.6. The van der Waals surface area contributed by atoms with Gasteiger partial charge in [0.2, 0.25) is 0 Å². The molecule has 0 aliphatic heterocycles. The number of carboxylic acids is 1. The minimum absolute atomic E-state index is 0. The predicted molar refractivity (Wildman–Crippen MR) is 245 cm³/mol. The Morgan fingerprint density at radius 2 is 0.984 bits per heavy atom. The summed E-state index contributed by atoms with van der Waals surface area (Å²) in [5, 5.41) is 19.9. The Hall–Kier alpha value is -3.18. The van der Waals surface area contributed by atoms with Gasteiger partial charge in [0.1, 0.15) is 11.5 Å². The van der Waals surface area contributed by atoms with Crippen molar-refractivity contribution in [2.24, 2.45) is 22.7 Å². The van der Waals surface area contributed by atoms with E-state index < -0.39 is 5.97 Å². The van der Waals surface area contributed by atoms with Gasteiger partial charge < -0.3 is 35.4 Å². The summed E-state index contributed by atoms with van der Waals surface area (Å²) >= 11 is 0. The van der Waals surface area contributed by atoms with E-state index in [0.29, 0.717) is 55.7 Å². The Balaban J connectivity index is 0.000000401. The molecule has 0 radical (unpaired) electrons. The molecule has 2 aliphatic carbocycles. The molecule has 332 valence electrons. The number of carbonyl (C=O) groups excluding carboxylic acids is 1. The number of nitrogens with one attached hydrogen (secondary N) is 2. The molecule has 0 amide bonds. The van der Waals surface area contributed by atoms with E-state index in [1.165, 1.54) is 52.8 Å². The fraction of sp³-hybridized carbons (Fsp3) is 0.569. The molecule has 0 bridgehead atoms. The van der Waals surface area contributed by atoms with E-state index >= 15 is 0 Å². The maximum atomic E-state index is 11.4. The summed E-state index contributed by atoms with van der Waals surface area (Å²) in [6, 6.07) is 25.6. The van der Waals surface area contributed by atoms with Crippen LogP contribution in [0.2, 0.25) is 0 Å². The number of rotatable bonds is 15. The summed E-state index contributed by atoms with van der Waals surface area (Å²) in [6.45, 7) is 18.9. The molecule has 0 unspecified atom stereocenters. The van der Waals surface area contributed by atoms with Gasteiger partial charge in [0.25, 0.3) is 0 Å². The molecule has 6 rings (SSSR count). The monoisotopic (exact) mass is 851 g/mol. The van der Waals surface area contributed by atoms with Crippen LogP contribution < -0.4 is 49.7 Å². The first-order chi connectivity index (χ1) is 27.7. The van der Waals surface area contributed by atoms with Crippen molar-refractivity contribution in [1.29, 1.82) is 0 Å². The van der Waals surface area contributed by atoms with Crippen LogP contribution in [0, 0.1) is 22.7 Å². The van der Waals surface area contributed by atoms with Gasteiger partial charge in [-0.1, -0.05) is 85.4 Å². The number of benzene rings is 4. The van der Waals surface area contributed by atoms with E-state index in [1.807, 2.05) is 6.92 Å². The largest absolute Gasteiger partial charge is 1.00 e. The smallest absolute Gasteiger partial charge is 0.870 e. The van der Waals surface area contributed by atoms with Crippen molar-refractivity contribution in [2.45, 2.75) is 145 Å². The van der Waals surface area contributed by atoms with Crippen molar-refractivity contribution in [3.63, 3.8) is 0 Å².